The van der Waals surface area contributed by atoms with E-state index in [1.54, 1.807) is 0 Å². The Morgan fingerprint density at radius 3 is 2.81 bits per heavy atom. The van der Waals surface area contributed by atoms with E-state index in [1.165, 1.54) is 43.2 Å². The minimum Gasteiger partial charge on any atom is -0.344 e. The first-order valence-electron chi connectivity index (χ1n) is 8.32. The van der Waals surface area contributed by atoms with Crippen LogP contribution in [0.3, 0.4) is 0 Å². The van der Waals surface area contributed by atoms with Crippen molar-refractivity contribution in [3.05, 3.63) is 35.4 Å². The van der Waals surface area contributed by atoms with E-state index in [1.807, 2.05) is 18.0 Å². The number of hydrogen-bond donors (Lipinski definition) is 1. The Labute approximate surface area is 127 Å². The fourth-order valence-corrected chi connectivity index (χ4v) is 3.79. The second kappa shape index (κ2) is 6.61. The average Bonchev–Trinajstić information content (AvgIpc) is 2.54. The van der Waals surface area contributed by atoms with E-state index in [2.05, 4.69) is 23.5 Å². The molecule has 114 valence electrons. The largest absolute Gasteiger partial charge is 0.344 e. The van der Waals surface area contributed by atoms with Gasteiger partial charge in [0.05, 0.1) is 0 Å². The van der Waals surface area contributed by atoms with Gasteiger partial charge in [-0.25, -0.2) is 0 Å². The molecule has 1 unspecified atom stereocenters. The molecule has 1 aliphatic carbocycles. The third-order valence-corrected chi connectivity index (χ3v) is 4.99. The number of carbonyl (C=O) groups excluding carboxylic acids is 1. The van der Waals surface area contributed by atoms with E-state index in [0.717, 1.165) is 19.5 Å². The van der Waals surface area contributed by atoms with E-state index >= 15 is 0 Å². The first kappa shape index (κ1) is 14.6. The van der Waals surface area contributed by atoms with Gasteiger partial charge in [-0.2, -0.15) is 0 Å². The van der Waals surface area contributed by atoms with Crippen LogP contribution in [0.15, 0.2) is 24.3 Å². The number of fused-ring (bicyclic) bond motifs is 1. The molecule has 3 nitrogen and oxygen atoms in total. The topological polar surface area (TPSA) is 32.3 Å². The fraction of sp³-hybridized carbons (Fsp3) is 0.611. The van der Waals surface area contributed by atoms with Crippen LogP contribution in [0.4, 0.5) is 0 Å². The van der Waals surface area contributed by atoms with Gasteiger partial charge in [-0.05, 0) is 36.3 Å². The second-order valence-electron chi connectivity index (χ2n) is 6.56. The third kappa shape index (κ3) is 3.29. The van der Waals surface area contributed by atoms with Gasteiger partial charge in [0, 0.05) is 20.1 Å². The SMILES string of the molecule is CN(CC1CCCCC1)C(=O)C1NCCc2ccccc21. The molecule has 3 rings (SSSR count). The lowest BCUT2D eigenvalue weighted by molar-refractivity contribution is -0.133. The summed E-state index contributed by atoms with van der Waals surface area (Å²) in [4.78, 5) is 14.8. The van der Waals surface area contributed by atoms with Gasteiger partial charge >= 0.3 is 0 Å². The van der Waals surface area contributed by atoms with Crippen LogP contribution >= 0.6 is 0 Å². The molecule has 1 fully saturated rings. The highest BCUT2D eigenvalue weighted by Crippen LogP contribution is 2.27. The van der Waals surface area contributed by atoms with E-state index in [0.29, 0.717) is 5.92 Å². The van der Waals surface area contributed by atoms with Crippen LogP contribution < -0.4 is 5.32 Å². The van der Waals surface area contributed by atoms with Gasteiger partial charge < -0.3 is 10.2 Å². The molecular weight excluding hydrogens is 260 g/mol. The average molecular weight is 286 g/mol. The lowest BCUT2D eigenvalue weighted by Crippen LogP contribution is -2.43. The monoisotopic (exact) mass is 286 g/mol. The van der Waals surface area contributed by atoms with E-state index in [4.69, 9.17) is 0 Å². The maximum Gasteiger partial charge on any atom is 0.244 e. The summed E-state index contributed by atoms with van der Waals surface area (Å²) in [7, 11) is 1.97. The predicted octanol–water partition coefficient (Wildman–Crippen LogP) is 2.91. The zero-order chi connectivity index (χ0) is 14.7. The summed E-state index contributed by atoms with van der Waals surface area (Å²) in [5.41, 5.74) is 2.49. The summed E-state index contributed by atoms with van der Waals surface area (Å²) in [6, 6.07) is 8.20. The molecular formula is C18H26N2O. The number of rotatable bonds is 3. The highest BCUT2D eigenvalue weighted by atomic mass is 16.2. The zero-order valence-electron chi connectivity index (χ0n) is 13.0. The summed E-state index contributed by atoms with van der Waals surface area (Å²) < 4.78 is 0. The number of nitrogens with zero attached hydrogens (tertiary/aromatic N) is 1. The highest BCUT2D eigenvalue weighted by Gasteiger charge is 2.29. The van der Waals surface area contributed by atoms with Crippen molar-refractivity contribution in [1.29, 1.82) is 0 Å². The molecule has 0 bridgehead atoms. The molecule has 2 aliphatic rings. The molecule has 0 aromatic heterocycles. The number of nitrogens with one attached hydrogen (secondary N) is 1. The molecule has 0 spiro atoms. The Hall–Kier alpha value is -1.35. The number of hydrogen-bond acceptors (Lipinski definition) is 2. The van der Waals surface area contributed by atoms with Crippen LogP contribution in [0.5, 0.6) is 0 Å². The lowest BCUT2D eigenvalue weighted by atomic mass is 9.88. The van der Waals surface area contributed by atoms with Crippen LogP contribution in [0.25, 0.3) is 0 Å². The minimum atomic E-state index is -0.149. The summed E-state index contributed by atoms with van der Waals surface area (Å²) in [6.45, 7) is 1.81. The standard InChI is InChI=1S/C18H26N2O/c1-20(13-14-7-3-2-4-8-14)18(21)17-16-10-6-5-9-15(16)11-12-19-17/h5-6,9-10,14,17,19H,2-4,7-8,11-13H2,1H3. The third-order valence-electron chi connectivity index (χ3n) is 4.99. The molecule has 1 heterocycles. The Kier molecular flexibility index (Phi) is 4.59. The van der Waals surface area contributed by atoms with Gasteiger partial charge in [-0.3, -0.25) is 4.79 Å². The maximum absolute atomic E-state index is 12.8. The zero-order valence-corrected chi connectivity index (χ0v) is 13.0. The van der Waals surface area contributed by atoms with Crippen LogP contribution in [-0.2, 0) is 11.2 Å². The van der Waals surface area contributed by atoms with Gasteiger partial charge in [0.2, 0.25) is 5.91 Å². The molecule has 21 heavy (non-hydrogen) atoms. The van der Waals surface area contributed by atoms with Gasteiger partial charge in [-0.15, -0.1) is 0 Å². The lowest BCUT2D eigenvalue weighted by Gasteiger charge is -2.32. The van der Waals surface area contributed by atoms with Crippen molar-refractivity contribution in [2.24, 2.45) is 5.92 Å². The fourth-order valence-electron chi connectivity index (χ4n) is 3.79. The van der Waals surface area contributed by atoms with E-state index in [9.17, 15) is 4.79 Å². The van der Waals surface area contributed by atoms with Crippen LogP contribution in [-0.4, -0.2) is 30.9 Å². The van der Waals surface area contributed by atoms with Crippen molar-refractivity contribution < 1.29 is 4.79 Å². The minimum absolute atomic E-state index is 0.149. The predicted molar refractivity (Wildman–Crippen MR) is 85.1 cm³/mol. The Balaban J connectivity index is 1.67. The quantitative estimate of drug-likeness (QED) is 0.926. The van der Waals surface area contributed by atoms with Crippen molar-refractivity contribution in [3.8, 4) is 0 Å². The van der Waals surface area contributed by atoms with E-state index < -0.39 is 0 Å². The van der Waals surface area contributed by atoms with Gasteiger partial charge in [0.15, 0.2) is 0 Å². The van der Waals surface area contributed by atoms with Crippen molar-refractivity contribution in [2.75, 3.05) is 20.1 Å². The van der Waals surface area contributed by atoms with Crippen LogP contribution in [0.1, 0.15) is 49.3 Å². The molecule has 1 saturated carbocycles. The highest BCUT2D eigenvalue weighted by molar-refractivity contribution is 5.83. The van der Waals surface area contributed by atoms with Crippen molar-refractivity contribution in [2.45, 2.75) is 44.6 Å². The molecule has 1 amide bonds. The van der Waals surface area contributed by atoms with Gasteiger partial charge in [-0.1, -0.05) is 43.5 Å². The summed E-state index contributed by atoms with van der Waals surface area (Å²) in [6.07, 6.45) is 7.62. The van der Waals surface area contributed by atoms with Gasteiger partial charge in [0.25, 0.3) is 0 Å². The number of amides is 1. The first-order valence-corrected chi connectivity index (χ1v) is 8.32. The summed E-state index contributed by atoms with van der Waals surface area (Å²) in [5.74, 6) is 0.930. The Morgan fingerprint density at radius 1 is 1.24 bits per heavy atom. The van der Waals surface area contributed by atoms with Crippen molar-refractivity contribution in [1.82, 2.24) is 10.2 Å². The molecule has 1 aliphatic heterocycles. The normalized spacial score (nSPS) is 22.6. The number of benzene rings is 1. The van der Waals surface area contributed by atoms with Crippen molar-refractivity contribution >= 4 is 5.91 Å². The summed E-state index contributed by atoms with van der Waals surface area (Å²) >= 11 is 0. The molecule has 1 atom stereocenters. The molecule has 1 N–H and O–H groups in total. The molecule has 0 radical (unpaired) electrons. The Morgan fingerprint density at radius 2 is 2.00 bits per heavy atom. The second-order valence-corrected chi connectivity index (χ2v) is 6.56. The van der Waals surface area contributed by atoms with Gasteiger partial charge in [0.1, 0.15) is 6.04 Å². The number of carbonyl (C=O) groups is 1. The first-order chi connectivity index (χ1) is 10.3. The smallest absolute Gasteiger partial charge is 0.244 e. The molecule has 3 heteroatoms. The van der Waals surface area contributed by atoms with Crippen LogP contribution in [0, 0.1) is 5.92 Å². The molecule has 1 aromatic rings. The Bertz CT molecular complexity index is 494. The number of likely N-dealkylation sites (N-methyl/N-ethyl adjacent to an activating group) is 1. The molecule has 0 saturated heterocycles. The van der Waals surface area contributed by atoms with E-state index in [-0.39, 0.29) is 11.9 Å². The molecule has 1 aromatic carbocycles. The summed E-state index contributed by atoms with van der Waals surface area (Å²) in [5, 5.41) is 3.40. The van der Waals surface area contributed by atoms with Crippen molar-refractivity contribution in [3.63, 3.8) is 0 Å². The van der Waals surface area contributed by atoms with Crippen LogP contribution in [0.2, 0.25) is 0 Å². The maximum atomic E-state index is 12.8.